The molecule has 3 N–H and O–H groups in total. The highest BCUT2D eigenvalue weighted by molar-refractivity contribution is 5.76. The fourth-order valence-corrected chi connectivity index (χ4v) is 4.85. The minimum atomic E-state index is -0.171. The Labute approximate surface area is 178 Å². The van der Waals surface area contributed by atoms with Crippen LogP contribution < -0.4 is 5.73 Å². The molecule has 0 bridgehead atoms. The molecule has 1 amide bonds. The normalized spacial score (nSPS) is 22.0. The van der Waals surface area contributed by atoms with Gasteiger partial charge in [0.2, 0.25) is 5.91 Å². The summed E-state index contributed by atoms with van der Waals surface area (Å²) in [5.74, 6) is 0.998. The number of aromatic hydroxyl groups is 1. The molecular weight excluding hydrogens is 376 g/mol. The molecule has 5 nitrogen and oxygen atoms in total. The topological polar surface area (TPSA) is 75.8 Å². The Morgan fingerprint density at radius 1 is 1.17 bits per heavy atom. The number of hydrogen-bond acceptors (Lipinski definition) is 4. The number of nitrogens with zero attached hydrogens (tertiary/aromatic N) is 1. The van der Waals surface area contributed by atoms with E-state index in [0.29, 0.717) is 31.1 Å². The van der Waals surface area contributed by atoms with E-state index in [1.165, 1.54) is 5.56 Å². The molecule has 2 atom stereocenters. The summed E-state index contributed by atoms with van der Waals surface area (Å²) in [6.45, 7) is 3.89. The Hall–Kier alpha value is -2.37. The molecule has 0 radical (unpaired) electrons. The van der Waals surface area contributed by atoms with Crippen LogP contribution in [-0.2, 0) is 22.4 Å². The van der Waals surface area contributed by atoms with Crippen molar-refractivity contribution in [2.45, 2.75) is 51.2 Å². The molecule has 2 aliphatic rings. The molecule has 4 rings (SSSR count). The fraction of sp³-hybridized carbons (Fsp3) is 0.480. The number of piperidine rings is 1. The lowest BCUT2D eigenvalue weighted by Gasteiger charge is -2.40. The second-order valence-corrected chi connectivity index (χ2v) is 8.61. The Bertz CT molecular complexity index is 875. The number of nitrogens with two attached hydrogens (primary N) is 1. The van der Waals surface area contributed by atoms with Gasteiger partial charge in [0, 0.05) is 38.0 Å². The molecule has 1 fully saturated rings. The van der Waals surface area contributed by atoms with Crippen molar-refractivity contribution >= 4 is 5.91 Å². The zero-order valence-corrected chi connectivity index (χ0v) is 17.7. The van der Waals surface area contributed by atoms with Gasteiger partial charge in [-0.3, -0.25) is 4.79 Å². The van der Waals surface area contributed by atoms with E-state index in [1.807, 2.05) is 42.2 Å². The molecule has 5 heteroatoms. The van der Waals surface area contributed by atoms with Crippen molar-refractivity contribution in [1.29, 1.82) is 0 Å². The summed E-state index contributed by atoms with van der Waals surface area (Å²) in [5, 5.41) is 10.6. The molecule has 2 heterocycles. The highest BCUT2D eigenvalue weighted by Gasteiger charge is 2.36. The van der Waals surface area contributed by atoms with Gasteiger partial charge in [0.25, 0.3) is 0 Å². The Kier molecular flexibility index (Phi) is 6.40. The van der Waals surface area contributed by atoms with Gasteiger partial charge in [-0.2, -0.15) is 0 Å². The molecule has 0 aliphatic carbocycles. The molecule has 2 aromatic rings. The lowest BCUT2D eigenvalue weighted by atomic mass is 9.83. The van der Waals surface area contributed by atoms with Gasteiger partial charge in [0.05, 0.1) is 12.2 Å². The molecule has 0 spiro atoms. The predicted octanol–water partition coefficient (Wildman–Crippen LogP) is 3.51. The maximum Gasteiger partial charge on any atom is 0.222 e. The number of carbonyl (C=O) groups is 1. The van der Waals surface area contributed by atoms with E-state index in [0.717, 1.165) is 49.0 Å². The first-order valence-electron chi connectivity index (χ1n) is 11.1. The van der Waals surface area contributed by atoms with Gasteiger partial charge in [-0.25, -0.2) is 0 Å². The molecule has 2 aliphatic heterocycles. The molecule has 0 unspecified atom stereocenters. The molecule has 0 saturated carbocycles. The van der Waals surface area contributed by atoms with Crippen LogP contribution >= 0.6 is 0 Å². The quantitative estimate of drug-likeness (QED) is 0.794. The third-order valence-electron chi connectivity index (χ3n) is 6.71. The monoisotopic (exact) mass is 408 g/mol. The number of aryl methyl sites for hydroxylation is 2. The lowest BCUT2D eigenvalue weighted by molar-refractivity contribution is -0.134. The summed E-state index contributed by atoms with van der Waals surface area (Å²) in [6.07, 6.45) is 3.80. The maximum atomic E-state index is 12.6. The predicted molar refractivity (Wildman–Crippen MR) is 117 cm³/mol. The van der Waals surface area contributed by atoms with Crippen LogP contribution in [-0.4, -0.2) is 41.7 Å². The SMILES string of the molecule is Cc1ccc2c(c1O)C[C@@H](C1CCN(C(=O)CCc3ccccc3)CC1)O[C@H]2CN. The van der Waals surface area contributed by atoms with Crippen molar-refractivity contribution in [3.63, 3.8) is 0 Å². The van der Waals surface area contributed by atoms with E-state index >= 15 is 0 Å². The van der Waals surface area contributed by atoms with E-state index in [9.17, 15) is 9.90 Å². The van der Waals surface area contributed by atoms with E-state index < -0.39 is 0 Å². The number of carbonyl (C=O) groups excluding carboxylic acids is 1. The van der Waals surface area contributed by atoms with Crippen LogP contribution in [0.25, 0.3) is 0 Å². The van der Waals surface area contributed by atoms with Gasteiger partial charge in [-0.05, 0) is 48.8 Å². The number of phenols is 1. The van der Waals surface area contributed by atoms with Gasteiger partial charge < -0.3 is 20.5 Å². The van der Waals surface area contributed by atoms with Crippen molar-refractivity contribution in [3.8, 4) is 5.75 Å². The third-order valence-corrected chi connectivity index (χ3v) is 6.71. The second kappa shape index (κ2) is 9.19. The average molecular weight is 409 g/mol. The van der Waals surface area contributed by atoms with Crippen LogP contribution in [0.15, 0.2) is 42.5 Å². The lowest BCUT2D eigenvalue weighted by Crippen LogP contribution is -2.44. The number of benzene rings is 2. The smallest absolute Gasteiger partial charge is 0.222 e. The van der Waals surface area contributed by atoms with Crippen LogP contribution in [0, 0.1) is 12.8 Å². The van der Waals surface area contributed by atoms with Crippen molar-refractivity contribution in [3.05, 3.63) is 64.7 Å². The highest BCUT2D eigenvalue weighted by Crippen LogP contribution is 2.40. The van der Waals surface area contributed by atoms with Gasteiger partial charge in [0.15, 0.2) is 0 Å². The number of rotatable bonds is 5. The van der Waals surface area contributed by atoms with Crippen LogP contribution in [0.1, 0.15) is 47.6 Å². The highest BCUT2D eigenvalue weighted by atomic mass is 16.5. The first-order valence-corrected chi connectivity index (χ1v) is 11.1. The molecule has 160 valence electrons. The standard InChI is InChI=1S/C25H32N2O3/c1-17-7-9-20-21(25(17)29)15-22(30-23(20)16-26)19-11-13-27(14-12-19)24(28)10-8-18-5-3-2-4-6-18/h2-7,9,19,22-23,29H,8,10-16,26H2,1H3/t22-,23-/m0/s1. The summed E-state index contributed by atoms with van der Waals surface area (Å²) in [7, 11) is 0. The maximum absolute atomic E-state index is 12.6. The van der Waals surface area contributed by atoms with Gasteiger partial charge in [-0.15, -0.1) is 0 Å². The second-order valence-electron chi connectivity index (χ2n) is 8.61. The number of hydrogen-bond donors (Lipinski definition) is 2. The van der Waals surface area contributed by atoms with Crippen molar-refractivity contribution in [1.82, 2.24) is 4.90 Å². The number of likely N-dealkylation sites (tertiary alicyclic amines) is 1. The van der Waals surface area contributed by atoms with E-state index in [4.69, 9.17) is 10.5 Å². The van der Waals surface area contributed by atoms with Crippen LogP contribution in [0.4, 0.5) is 0 Å². The molecular formula is C25H32N2O3. The van der Waals surface area contributed by atoms with E-state index in [-0.39, 0.29) is 18.1 Å². The van der Waals surface area contributed by atoms with Crippen molar-refractivity contribution in [2.24, 2.45) is 11.7 Å². The zero-order valence-electron chi connectivity index (χ0n) is 17.7. The van der Waals surface area contributed by atoms with Crippen LogP contribution in [0.2, 0.25) is 0 Å². The zero-order chi connectivity index (χ0) is 21.1. The minimum absolute atomic E-state index is 0.0420. The minimum Gasteiger partial charge on any atom is -0.507 e. The van der Waals surface area contributed by atoms with Crippen molar-refractivity contribution in [2.75, 3.05) is 19.6 Å². The summed E-state index contributed by atoms with van der Waals surface area (Å²) in [6, 6.07) is 14.1. The van der Waals surface area contributed by atoms with Crippen LogP contribution in [0.3, 0.4) is 0 Å². The Balaban J connectivity index is 1.35. The van der Waals surface area contributed by atoms with Gasteiger partial charge in [0.1, 0.15) is 5.75 Å². The van der Waals surface area contributed by atoms with E-state index in [2.05, 4.69) is 12.1 Å². The molecule has 0 aromatic heterocycles. The summed E-state index contributed by atoms with van der Waals surface area (Å²) in [5.41, 5.74) is 10.1. The van der Waals surface area contributed by atoms with Gasteiger partial charge in [-0.1, -0.05) is 42.5 Å². The number of ether oxygens (including phenoxy) is 1. The summed E-state index contributed by atoms with van der Waals surface area (Å²) >= 11 is 0. The van der Waals surface area contributed by atoms with E-state index in [1.54, 1.807) is 0 Å². The molecule has 2 aromatic carbocycles. The first kappa shape index (κ1) is 20.9. The Morgan fingerprint density at radius 2 is 1.90 bits per heavy atom. The molecule has 1 saturated heterocycles. The largest absolute Gasteiger partial charge is 0.507 e. The number of amides is 1. The average Bonchev–Trinajstić information content (AvgIpc) is 2.80. The van der Waals surface area contributed by atoms with Crippen molar-refractivity contribution < 1.29 is 14.6 Å². The number of phenolic OH excluding ortho intramolecular Hbond substituents is 1. The first-order chi connectivity index (χ1) is 14.6. The fourth-order valence-electron chi connectivity index (χ4n) is 4.85. The summed E-state index contributed by atoms with van der Waals surface area (Å²) in [4.78, 5) is 14.6. The van der Waals surface area contributed by atoms with Gasteiger partial charge >= 0.3 is 0 Å². The third kappa shape index (κ3) is 4.37. The molecule has 30 heavy (non-hydrogen) atoms. The summed E-state index contributed by atoms with van der Waals surface area (Å²) < 4.78 is 6.36. The number of fused-ring (bicyclic) bond motifs is 1. The van der Waals surface area contributed by atoms with Crippen LogP contribution in [0.5, 0.6) is 5.75 Å². The Morgan fingerprint density at radius 3 is 2.60 bits per heavy atom.